The van der Waals surface area contributed by atoms with Crippen LogP contribution in [0.2, 0.25) is 0 Å². The van der Waals surface area contributed by atoms with Gasteiger partial charge in [-0.15, -0.1) is 11.3 Å². The Morgan fingerprint density at radius 1 is 1.33 bits per heavy atom. The molecule has 0 aliphatic rings. The molecule has 5 heteroatoms. The van der Waals surface area contributed by atoms with Crippen molar-refractivity contribution in [3.63, 3.8) is 0 Å². The second-order valence-electron chi connectivity index (χ2n) is 3.71. The van der Waals surface area contributed by atoms with Gasteiger partial charge in [-0.3, -0.25) is 0 Å². The van der Waals surface area contributed by atoms with Crippen LogP contribution in [0, 0.1) is 17.1 Å². The number of thiophene rings is 1. The zero-order valence-corrected chi connectivity index (χ0v) is 11.8. The first kappa shape index (κ1) is 13.2. The van der Waals surface area contributed by atoms with Gasteiger partial charge in [-0.05, 0) is 45.6 Å². The van der Waals surface area contributed by atoms with Crippen LogP contribution in [0.15, 0.2) is 34.1 Å². The smallest absolute Gasteiger partial charge is 0.127 e. The van der Waals surface area contributed by atoms with Gasteiger partial charge in [-0.1, -0.05) is 0 Å². The van der Waals surface area contributed by atoms with Gasteiger partial charge in [0.05, 0.1) is 11.6 Å². The van der Waals surface area contributed by atoms with Crippen molar-refractivity contribution in [3.05, 3.63) is 55.9 Å². The Labute approximate surface area is 117 Å². The first-order valence-corrected chi connectivity index (χ1v) is 6.99. The number of benzene rings is 1. The lowest BCUT2D eigenvalue weighted by Gasteiger charge is -2.05. The van der Waals surface area contributed by atoms with Crippen molar-refractivity contribution in [2.45, 2.75) is 13.1 Å². The molecule has 0 fully saturated rings. The highest BCUT2D eigenvalue weighted by Gasteiger charge is 2.05. The zero-order chi connectivity index (χ0) is 13.0. The molecule has 0 amide bonds. The highest BCUT2D eigenvalue weighted by atomic mass is 79.9. The van der Waals surface area contributed by atoms with Crippen LogP contribution in [0.1, 0.15) is 16.0 Å². The van der Waals surface area contributed by atoms with Crippen LogP contribution in [0.25, 0.3) is 0 Å². The Balaban J connectivity index is 1.98. The van der Waals surface area contributed by atoms with Gasteiger partial charge in [-0.2, -0.15) is 5.26 Å². The van der Waals surface area contributed by atoms with Gasteiger partial charge in [0.2, 0.25) is 0 Å². The van der Waals surface area contributed by atoms with Crippen molar-refractivity contribution in [2.24, 2.45) is 0 Å². The van der Waals surface area contributed by atoms with E-state index in [1.54, 1.807) is 17.4 Å². The van der Waals surface area contributed by atoms with E-state index in [4.69, 9.17) is 5.26 Å². The van der Waals surface area contributed by atoms with Gasteiger partial charge in [0.1, 0.15) is 5.82 Å². The SMILES string of the molecule is N#Cc1ccc(F)c(CNCc2sccc2Br)c1. The van der Waals surface area contributed by atoms with Gasteiger partial charge < -0.3 is 5.32 Å². The molecule has 0 aliphatic carbocycles. The molecule has 1 aromatic carbocycles. The third-order valence-corrected chi connectivity index (χ3v) is 4.39. The molecule has 1 aromatic heterocycles. The molecule has 0 radical (unpaired) electrons. The first-order valence-electron chi connectivity index (χ1n) is 5.32. The highest BCUT2D eigenvalue weighted by molar-refractivity contribution is 9.10. The summed E-state index contributed by atoms with van der Waals surface area (Å²) < 4.78 is 14.6. The summed E-state index contributed by atoms with van der Waals surface area (Å²) in [4.78, 5) is 1.17. The molecule has 0 spiro atoms. The third-order valence-electron chi connectivity index (χ3n) is 2.47. The molecule has 18 heavy (non-hydrogen) atoms. The molecular formula is C13H10BrFN2S. The fraction of sp³-hybridized carbons (Fsp3) is 0.154. The average molecular weight is 325 g/mol. The topological polar surface area (TPSA) is 35.8 Å². The quantitative estimate of drug-likeness (QED) is 0.928. The van der Waals surface area contributed by atoms with Crippen LogP contribution in [0.5, 0.6) is 0 Å². The van der Waals surface area contributed by atoms with Gasteiger partial charge in [0.15, 0.2) is 0 Å². The lowest BCUT2D eigenvalue weighted by atomic mass is 10.1. The molecule has 0 atom stereocenters. The Bertz CT molecular complexity index is 589. The van der Waals surface area contributed by atoms with Crippen LogP contribution in [-0.2, 0) is 13.1 Å². The molecule has 2 nitrogen and oxygen atoms in total. The van der Waals surface area contributed by atoms with Gasteiger partial charge in [-0.25, -0.2) is 4.39 Å². The minimum absolute atomic E-state index is 0.285. The van der Waals surface area contributed by atoms with Crippen molar-refractivity contribution in [3.8, 4) is 6.07 Å². The standard InChI is InChI=1S/C13H10BrFN2S/c14-11-3-4-18-13(11)8-17-7-10-5-9(6-16)1-2-12(10)15/h1-5,17H,7-8H2. The number of nitrogens with one attached hydrogen (secondary N) is 1. The maximum atomic E-state index is 13.5. The Kier molecular flexibility index (Phi) is 4.48. The predicted octanol–water partition coefficient (Wildman–Crippen LogP) is 3.81. The largest absolute Gasteiger partial charge is 0.308 e. The third kappa shape index (κ3) is 3.16. The van der Waals surface area contributed by atoms with Crippen molar-refractivity contribution >= 4 is 27.3 Å². The van der Waals surface area contributed by atoms with Crippen LogP contribution in [0.4, 0.5) is 4.39 Å². The van der Waals surface area contributed by atoms with Crippen LogP contribution in [0.3, 0.4) is 0 Å². The van der Waals surface area contributed by atoms with E-state index >= 15 is 0 Å². The number of nitriles is 1. The molecule has 0 unspecified atom stereocenters. The first-order chi connectivity index (χ1) is 8.70. The summed E-state index contributed by atoms with van der Waals surface area (Å²) in [5.41, 5.74) is 0.993. The minimum atomic E-state index is -0.285. The van der Waals surface area contributed by atoms with E-state index in [1.807, 2.05) is 17.5 Å². The Hall–Kier alpha value is -1.22. The number of halogens is 2. The maximum Gasteiger partial charge on any atom is 0.127 e. The fourth-order valence-electron chi connectivity index (χ4n) is 1.54. The second-order valence-corrected chi connectivity index (χ2v) is 5.57. The summed E-state index contributed by atoms with van der Waals surface area (Å²) in [6.07, 6.45) is 0. The van der Waals surface area contributed by atoms with Crippen molar-refractivity contribution in [2.75, 3.05) is 0 Å². The van der Waals surface area contributed by atoms with E-state index < -0.39 is 0 Å². The molecular weight excluding hydrogens is 315 g/mol. The molecule has 1 N–H and O–H groups in total. The van der Waals surface area contributed by atoms with E-state index in [2.05, 4.69) is 21.2 Å². The summed E-state index contributed by atoms with van der Waals surface area (Å²) in [5, 5.41) is 13.9. The maximum absolute atomic E-state index is 13.5. The molecule has 2 aromatic rings. The highest BCUT2D eigenvalue weighted by Crippen LogP contribution is 2.22. The number of nitrogens with zero attached hydrogens (tertiary/aromatic N) is 1. The van der Waals surface area contributed by atoms with E-state index in [1.165, 1.54) is 17.0 Å². The normalized spacial score (nSPS) is 10.3. The van der Waals surface area contributed by atoms with E-state index in [9.17, 15) is 4.39 Å². The summed E-state index contributed by atoms with van der Waals surface area (Å²) in [6.45, 7) is 1.08. The number of rotatable bonds is 4. The van der Waals surface area contributed by atoms with Crippen LogP contribution < -0.4 is 5.32 Å². The summed E-state index contributed by atoms with van der Waals surface area (Å²) in [7, 11) is 0. The zero-order valence-electron chi connectivity index (χ0n) is 9.41. The predicted molar refractivity (Wildman–Crippen MR) is 73.7 cm³/mol. The molecule has 0 aliphatic heterocycles. The molecule has 2 rings (SSSR count). The van der Waals surface area contributed by atoms with E-state index in [0.29, 0.717) is 24.2 Å². The Morgan fingerprint density at radius 3 is 2.83 bits per heavy atom. The van der Waals surface area contributed by atoms with Crippen molar-refractivity contribution < 1.29 is 4.39 Å². The lowest BCUT2D eigenvalue weighted by Crippen LogP contribution is -2.13. The second kappa shape index (κ2) is 6.10. The van der Waals surface area contributed by atoms with Crippen LogP contribution >= 0.6 is 27.3 Å². The molecule has 0 saturated heterocycles. The van der Waals surface area contributed by atoms with Gasteiger partial charge in [0, 0.05) is 28.0 Å². The minimum Gasteiger partial charge on any atom is -0.308 e. The fourth-order valence-corrected chi connectivity index (χ4v) is 3.00. The van der Waals surface area contributed by atoms with Crippen molar-refractivity contribution in [1.82, 2.24) is 5.32 Å². The molecule has 92 valence electrons. The summed E-state index contributed by atoms with van der Waals surface area (Å²) in [6, 6.07) is 8.38. The Morgan fingerprint density at radius 2 is 2.17 bits per heavy atom. The van der Waals surface area contributed by atoms with E-state index in [-0.39, 0.29) is 5.82 Å². The monoisotopic (exact) mass is 324 g/mol. The van der Waals surface area contributed by atoms with Gasteiger partial charge >= 0.3 is 0 Å². The van der Waals surface area contributed by atoms with Gasteiger partial charge in [0.25, 0.3) is 0 Å². The van der Waals surface area contributed by atoms with E-state index in [0.717, 1.165) is 4.47 Å². The summed E-state index contributed by atoms with van der Waals surface area (Å²) in [5.74, 6) is -0.285. The molecule has 1 heterocycles. The number of hydrogen-bond acceptors (Lipinski definition) is 3. The lowest BCUT2D eigenvalue weighted by molar-refractivity contribution is 0.588. The molecule has 0 bridgehead atoms. The summed E-state index contributed by atoms with van der Waals surface area (Å²) >= 11 is 5.08. The van der Waals surface area contributed by atoms with Crippen molar-refractivity contribution in [1.29, 1.82) is 5.26 Å². The number of hydrogen-bond donors (Lipinski definition) is 1. The van der Waals surface area contributed by atoms with Crippen LogP contribution in [-0.4, -0.2) is 0 Å². The average Bonchev–Trinajstić information content (AvgIpc) is 2.77. The molecule has 0 saturated carbocycles.